The van der Waals surface area contributed by atoms with Gasteiger partial charge in [-0.15, -0.1) is 0 Å². The molecule has 0 spiro atoms. The van der Waals surface area contributed by atoms with E-state index in [-0.39, 0.29) is 5.37 Å². The zero-order chi connectivity index (χ0) is 8.55. The van der Waals surface area contributed by atoms with Crippen LogP contribution >= 0.6 is 11.8 Å². The molecule has 0 aliphatic carbocycles. The molecule has 0 N–H and O–H groups in total. The summed E-state index contributed by atoms with van der Waals surface area (Å²) in [5.41, 5.74) is 1.79. The van der Waals surface area contributed by atoms with Gasteiger partial charge in [0.2, 0.25) is 0 Å². The van der Waals surface area contributed by atoms with Gasteiger partial charge in [0.05, 0.1) is 5.55 Å². The molecule has 1 aliphatic heterocycles. The molecular formula is C5H8N6S. The van der Waals surface area contributed by atoms with Gasteiger partial charge in [-0.05, 0) is 17.4 Å². The van der Waals surface area contributed by atoms with Gasteiger partial charge < -0.3 is 0 Å². The van der Waals surface area contributed by atoms with Crippen molar-refractivity contribution in [3.05, 3.63) is 0 Å². The van der Waals surface area contributed by atoms with Crippen molar-refractivity contribution in [2.24, 2.45) is 12.1 Å². The van der Waals surface area contributed by atoms with Crippen LogP contribution in [0.2, 0.25) is 0 Å². The van der Waals surface area contributed by atoms with E-state index in [1.807, 2.05) is 6.92 Å². The number of hydrogen-bond donors (Lipinski definition) is 0. The molecular weight excluding hydrogens is 176 g/mol. The Morgan fingerprint density at radius 1 is 1.58 bits per heavy atom. The molecule has 0 radical (unpaired) electrons. The molecule has 0 bridgehead atoms. The Balaban J connectivity index is 2.30. The van der Waals surface area contributed by atoms with Crippen molar-refractivity contribution in [3.63, 3.8) is 0 Å². The first kappa shape index (κ1) is 7.53. The maximum Gasteiger partial charge on any atom is 0.266 e. The van der Waals surface area contributed by atoms with Crippen LogP contribution in [-0.4, -0.2) is 31.1 Å². The lowest BCUT2D eigenvalue weighted by Gasteiger charge is -2.15. The van der Waals surface area contributed by atoms with Gasteiger partial charge >= 0.3 is 0 Å². The van der Waals surface area contributed by atoms with E-state index in [4.69, 9.17) is 0 Å². The van der Waals surface area contributed by atoms with Gasteiger partial charge in [-0.3, -0.25) is 0 Å². The summed E-state index contributed by atoms with van der Waals surface area (Å²) in [6.07, 6.45) is 0. The molecule has 1 atom stereocenters. The average molecular weight is 184 g/mol. The third-order valence-electron chi connectivity index (χ3n) is 1.58. The standard InChI is InChI=1S/C5H8N6S/c1-4-11(6-3-12-4)5-7-8-9-10(5)2/h3-4H,1-2H3. The van der Waals surface area contributed by atoms with Crippen LogP contribution in [0.1, 0.15) is 6.92 Å². The Bertz CT molecular complexity index is 307. The molecule has 6 nitrogen and oxygen atoms in total. The number of anilines is 1. The topological polar surface area (TPSA) is 59.2 Å². The fourth-order valence-electron chi connectivity index (χ4n) is 0.951. The Labute approximate surface area is 73.6 Å². The van der Waals surface area contributed by atoms with E-state index in [2.05, 4.69) is 20.6 Å². The Morgan fingerprint density at radius 3 is 2.92 bits per heavy atom. The molecule has 0 fully saturated rings. The lowest BCUT2D eigenvalue weighted by atomic mass is 10.7. The van der Waals surface area contributed by atoms with Crippen LogP contribution in [0, 0.1) is 0 Å². The van der Waals surface area contributed by atoms with Crippen molar-refractivity contribution in [1.82, 2.24) is 20.2 Å². The minimum atomic E-state index is 0.273. The van der Waals surface area contributed by atoms with Crippen LogP contribution in [0.3, 0.4) is 0 Å². The van der Waals surface area contributed by atoms with Gasteiger partial charge in [-0.1, -0.05) is 16.9 Å². The largest absolute Gasteiger partial charge is 0.266 e. The first-order chi connectivity index (χ1) is 5.79. The van der Waals surface area contributed by atoms with Crippen molar-refractivity contribution in [1.29, 1.82) is 0 Å². The SMILES string of the molecule is CC1SC=NN1c1nnnn1C. The summed E-state index contributed by atoms with van der Waals surface area (Å²) in [5, 5.41) is 17.3. The third-order valence-corrected chi connectivity index (χ3v) is 2.39. The normalized spacial score (nSPS) is 22.2. The number of aryl methyl sites for hydroxylation is 1. The van der Waals surface area contributed by atoms with Gasteiger partial charge in [-0.2, -0.15) is 5.10 Å². The summed E-state index contributed by atoms with van der Waals surface area (Å²) >= 11 is 1.64. The number of nitrogens with zero attached hydrogens (tertiary/aromatic N) is 6. The lowest BCUT2D eigenvalue weighted by molar-refractivity contribution is 0.688. The van der Waals surface area contributed by atoms with Crippen LogP contribution < -0.4 is 5.01 Å². The Hall–Kier alpha value is -1.11. The average Bonchev–Trinajstić information content (AvgIpc) is 2.59. The Kier molecular flexibility index (Phi) is 1.72. The maximum atomic E-state index is 4.13. The van der Waals surface area contributed by atoms with Crippen LogP contribution in [0.25, 0.3) is 0 Å². The van der Waals surface area contributed by atoms with Crippen LogP contribution in [0.4, 0.5) is 5.95 Å². The second kappa shape index (κ2) is 2.74. The van der Waals surface area contributed by atoms with Gasteiger partial charge in [0, 0.05) is 7.05 Å². The molecule has 2 rings (SSSR count). The highest BCUT2D eigenvalue weighted by Crippen LogP contribution is 2.24. The molecule has 64 valence electrons. The van der Waals surface area contributed by atoms with Gasteiger partial charge in [0.15, 0.2) is 0 Å². The summed E-state index contributed by atoms with van der Waals surface area (Å²) in [5.74, 6) is 0.670. The predicted octanol–water partition coefficient (Wildman–Crippen LogP) is 0.0526. The van der Waals surface area contributed by atoms with E-state index in [1.54, 1.807) is 34.0 Å². The van der Waals surface area contributed by atoms with E-state index in [1.165, 1.54) is 0 Å². The van der Waals surface area contributed by atoms with Crippen molar-refractivity contribution in [2.75, 3.05) is 5.01 Å². The summed E-state index contributed by atoms with van der Waals surface area (Å²) in [7, 11) is 1.79. The van der Waals surface area contributed by atoms with Crippen LogP contribution in [-0.2, 0) is 7.05 Å². The molecule has 0 saturated carbocycles. The fourth-order valence-corrected chi connectivity index (χ4v) is 1.55. The van der Waals surface area contributed by atoms with Crippen molar-refractivity contribution in [2.45, 2.75) is 12.3 Å². The molecule has 7 heteroatoms. The van der Waals surface area contributed by atoms with E-state index >= 15 is 0 Å². The second-order valence-electron chi connectivity index (χ2n) is 2.40. The third kappa shape index (κ3) is 1.06. The number of hydrogen-bond acceptors (Lipinski definition) is 6. The first-order valence-electron chi connectivity index (χ1n) is 3.48. The quantitative estimate of drug-likeness (QED) is 0.617. The van der Waals surface area contributed by atoms with Crippen LogP contribution in [0.5, 0.6) is 0 Å². The number of aromatic nitrogens is 4. The minimum absolute atomic E-state index is 0.273. The molecule has 0 aromatic carbocycles. The van der Waals surface area contributed by atoms with E-state index in [0.717, 1.165) is 0 Å². The zero-order valence-corrected chi connectivity index (χ0v) is 7.56. The molecule has 1 unspecified atom stereocenters. The summed E-state index contributed by atoms with van der Waals surface area (Å²) in [4.78, 5) is 0. The van der Waals surface area contributed by atoms with Crippen molar-refractivity contribution in [3.8, 4) is 0 Å². The highest BCUT2D eigenvalue weighted by atomic mass is 32.2. The summed E-state index contributed by atoms with van der Waals surface area (Å²) in [6, 6.07) is 0. The number of hydrazone groups is 1. The highest BCUT2D eigenvalue weighted by Gasteiger charge is 2.22. The smallest absolute Gasteiger partial charge is 0.217 e. The van der Waals surface area contributed by atoms with Gasteiger partial charge in [0.1, 0.15) is 5.37 Å². The number of tetrazole rings is 1. The fraction of sp³-hybridized carbons (Fsp3) is 0.600. The minimum Gasteiger partial charge on any atom is -0.217 e. The van der Waals surface area contributed by atoms with Crippen LogP contribution in [0.15, 0.2) is 5.10 Å². The van der Waals surface area contributed by atoms with E-state index < -0.39 is 0 Å². The lowest BCUT2D eigenvalue weighted by Crippen LogP contribution is -2.23. The van der Waals surface area contributed by atoms with Crippen molar-refractivity contribution >= 4 is 23.3 Å². The number of rotatable bonds is 1. The summed E-state index contributed by atoms with van der Waals surface area (Å²) < 4.78 is 1.60. The highest BCUT2D eigenvalue weighted by molar-refractivity contribution is 8.12. The van der Waals surface area contributed by atoms with E-state index in [9.17, 15) is 0 Å². The predicted molar refractivity (Wildman–Crippen MR) is 46.8 cm³/mol. The van der Waals surface area contributed by atoms with E-state index in [0.29, 0.717) is 5.95 Å². The zero-order valence-electron chi connectivity index (χ0n) is 6.75. The molecule has 0 saturated heterocycles. The molecule has 1 aromatic rings. The Morgan fingerprint density at radius 2 is 2.42 bits per heavy atom. The van der Waals surface area contributed by atoms with Gasteiger partial charge in [-0.25, -0.2) is 9.69 Å². The first-order valence-corrected chi connectivity index (χ1v) is 4.43. The summed E-state index contributed by atoms with van der Waals surface area (Å²) in [6.45, 7) is 2.05. The monoisotopic (exact) mass is 184 g/mol. The molecule has 1 aliphatic rings. The molecule has 0 amide bonds. The molecule has 2 heterocycles. The molecule has 1 aromatic heterocycles. The molecule has 12 heavy (non-hydrogen) atoms. The van der Waals surface area contributed by atoms with Gasteiger partial charge in [0.25, 0.3) is 5.95 Å². The maximum absolute atomic E-state index is 4.13. The second-order valence-corrected chi connectivity index (χ2v) is 3.57. The number of thioether (sulfide) groups is 1. The van der Waals surface area contributed by atoms with Crippen molar-refractivity contribution < 1.29 is 0 Å².